The van der Waals surface area contributed by atoms with Gasteiger partial charge in [0.1, 0.15) is 11.4 Å². The maximum absolute atomic E-state index is 12.2. The summed E-state index contributed by atoms with van der Waals surface area (Å²) in [6.07, 6.45) is 3.31. The summed E-state index contributed by atoms with van der Waals surface area (Å²) in [5.41, 5.74) is 0.592. The fraction of sp³-hybridized carbons (Fsp3) is 0.500. The Morgan fingerprint density at radius 1 is 1.35 bits per heavy atom. The molecule has 0 unspecified atom stereocenters. The molecule has 1 N–H and O–H groups in total. The standard InChI is InChI=1S/C18H23BrN4O2S/c1-18(2,3)25-17(24)23-9-7-12(8-10-23)13-5-4-6-15(21-13)22-16-20-11-14(19)26-16/h4-6,11-12H,7-10H2,1-3H3,(H,20,21,22). The maximum atomic E-state index is 12.2. The number of aromatic nitrogens is 2. The van der Waals surface area contributed by atoms with Gasteiger partial charge >= 0.3 is 6.09 Å². The molecule has 3 heterocycles. The second-order valence-corrected chi connectivity index (χ2v) is 9.69. The van der Waals surface area contributed by atoms with Gasteiger partial charge < -0.3 is 15.0 Å². The van der Waals surface area contributed by atoms with Crippen LogP contribution in [0.3, 0.4) is 0 Å². The summed E-state index contributed by atoms with van der Waals surface area (Å²) in [6.45, 7) is 7.06. The number of amides is 1. The third kappa shape index (κ3) is 5.17. The van der Waals surface area contributed by atoms with Crippen molar-refractivity contribution < 1.29 is 9.53 Å². The lowest BCUT2D eigenvalue weighted by Crippen LogP contribution is -2.41. The van der Waals surface area contributed by atoms with Crippen LogP contribution in [-0.2, 0) is 4.74 Å². The molecule has 26 heavy (non-hydrogen) atoms. The van der Waals surface area contributed by atoms with Crippen molar-refractivity contribution in [3.05, 3.63) is 33.9 Å². The van der Waals surface area contributed by atoms with Crippen molar-refractivity contribution in [1.82, 2.24) is 14.9 Å². The van der Waals surface area contributed by atoms with E-state index in [-0.39, 0.29) is 6.09 Å². The van der Waals surface area contributed by atoms with Crippen molar-refractivity contribution in [3.63, 3.8) is 0 Å². The number of thiazole rings is 1. The zero-order valence-corrected chi connectivity index (χ0v) is 17.6. The van der Waals surface area contributed by atoms with Gasteiger partial charge in [0.2, 0.25) is 0 Å². The maximum Gasteiger partial charge on any atom is 0.410 e. The predicted molar refractivity (Wildman–Crippen MR) is 107 cm³/mol. The van der Waals surface area contributed by atoms with Crippen LogP contribution in [0.5, 0.6) is 0 Å². The smallest absolute Gasteiger partial charge is 0.410 e. The monoisotopic (exact) mass is 438 g/mol. The van der Waals surface area contributed by atoms with Gasteiger partial charge in [0.25, 0.3) is 0 Å². The molecule has 0 saturated carbocycles. The van der Waals surface area contributed by atoms with Crippen LogP contribution in [0, 0.1) is 0 Å². The van der Waals surface area contributed by atoms with Crippen LogP contribution in [0.1, 0.15) is 45.2 Å². The van der Waals surface area contributed by atoms with Gasteiger partial charge in [-0.05, 0) is 61.7 Å². The molecule has 2 aromatic heterocycles. The SMILES string of the molecule is CC(C)(C)OC(=O)N1CCC(c2cccc(Nc3ncc(Br)s3)n2)CC1. The normalized spacial score (nSPS) is 15.8. The first kappa shape index (κ1) is 19.1. The van der Waals surface area contributed by atoms with E-state index in [1.807, 2.05) is 32.9 Å². The number of anilines is 2. The average molecular weight is 439 g/mol. The van der Waals surface area contributed by atoms with E-state index in [9.17, 15) is 4.79 Å². The van der Waals surface area contributed by atoms with Gasteiger partial charge in [-0.2, -0.15) is 0 Å². The number of likely N-dealkylation sites (tertiary alicyclic amines) is 1. The Hall–Kier alpha value is -1.67. The van der Waals surface area contributed by atoms with Gasteiger partial charge in [-0.25, -0.2) is 14.8 Å². The quantitative estimate of drug-likeness (QED) is 0.716. The number of halogens is 1. The highest BCUT2D eigenvalue weighted by molar-refractivity contribution is 9.11. The summed E-state index contributed by atoms with van der Waals surface area (Å²) in [5.74, 6) is 1.14. The lowest BCUT2D eigenvalue weighted by atomic mass is 9.93. The van der Waals surface area contributed by atoms with Gasteiger partial charge in [0.15, 0.2) is 5.13 Å². The van der Waals surface area contributed by atoms with E-state index >= 15 is 0 Å². The number of carbonyl (C=O) groups excluding carboxylic acids is 1. The number of rotatable bonds is 3. The third-order valence-corrected chi connectivity index (χ3v) is 5.44. The van der Waals surface area contributed by atoms with E-state index in [2.05, 4.69) is 32.3 Å². The number of nitrogens with zero attached hydrogens (tertiary/aromatic N) is 3. The molecule has 1 aliphatic rings. The molecular formula is C18H23BrN4O2S. The second-order valence-electron chi connectivity index (χ2n) is 7.28. The summed E-state index contributed by atoms with van der Waals surface area (Å²) in [5, 5.41) is 4.05. The van der Waals surface area contributed by atoms with Crippen molar-refractivity contribution >= 4 is 44.3 Å². The minimum Gasteiger partial charge on any atom is -0.444 e. The molecule has 1 saturated heterocycles. The van der Waals surface area contributed by atoms with Crippen LogP contribution in [0.2, 0.25) is 0 Å². The number of hydrogen-bond donors (Lipinski definition) is 1. The van der Waals surface area contributed by atoms with Crippen molar-refractivity contribution in [2.75, 3.05) is 18.4 Å². The van der Waals surface area contributed by atoms with Crippen LogP contribution in [0.15, 0.2) is 28.2 Å². The molecule has 1 fully saturated rings. The van der Waals surface area contributed by atoms with E-state index < -0.39 is 5.60 Å². The number of piperidine rings is 1. The Bertz CT molecular complexity index is 767. The topological polar surface area (TPSA) is 67.3 Å². The number of ether oxygens (including phenoxy) is 1. The molecule has 3 rings (SSSR count). The molecule has 0 aromatic carbocycles. The molecule has 0 aliphatic carbocycles. The molecule has 140 valence electrons. The summed E-state index contributed by atoms with van der Waals surface area (Å²) < 4.78 is 6.43. The Morgan fingerprint density at radius 2 is 2.08 bits per heavy atom. The summed E-state index contributed by atoms with van der Waals surface area (Å²) in [6, 6.07) is 6.00. The van der Waals surface area contributed by atoms with Crippen LogP contribution < -0.4 is 5.32 Å². The zero-order chi connectivity index (χ0) is 18.7. The highest BCUT2D eigenvalue weighted by atomic mass is 79.9. The number of carbonyl (C=O) groups is 1. The van der Waals surface area contributed by atoms with Gasteiger partial charge in [-0.15, -0.1) is 0 Å². The summed E-state index contributed by atoms with van der Waals surface area (Å²) in [7, 11) is 0. The van der Waals surface area contributed by atoms with Crippen molar-refractivity contribution in [3.8, 4) is 0 Å². The van der Waals surface area contributed by atoms with Crippen LogP contribution in [-0.4, -0.2) is 39.7 Å². The first-order valence-corrected chi connectivity index (χ1v) is 10.2. The van der Waals surface area contributed by atoms with Crippen LogP contribution in [0.4, 0.5) is 15.7 Å². The minimum absolute atomic E-state index is 0.228. The Balaban J connectivity index is 1.59. The highest BCUT2D eigenvalue weighted by Gasteiger charge is 2.28. The largest absolute Gasteiger partial charge is 0.444 e. The summed E-state index contributed by atoms with van der Waals surface area (Å²) >= 11 is 4.94. The highest BCUT2D eigenvalue weighted by Crippen LogP contribution is 2.30. The molecule has 8 heteroatoms. The lowest BCUT2D eigenvalue weighted by Gasteiger charge is -2.33. The number of pyridine rings is 1. The van der Waals surface area contributed by atoms with Crippen molar-refractivity contribution in [2.24, 2.45) is 0 Å². The number of hydrogen-bond acceptors (Lipinski definition) is 6. The van der Waals surface area contributed by atoms with Crippen LogP contribution in [0.25, 0.3) is 0 Å². The van der Waals surface area contributed by atoms with Crippen molar-refractivity contribution in [2.45, 2.75) is 45.1 Å². The number of nitrogens with one attached hydrogen (secondary N) is 1. The molecular weight excluding hydrogens is 416 g/mol. The first-order valence-electron chi connectivity index (χ1n) is 8.63. The third-order valence-electron chi connectivity index (χ3n) is 4.05. The van der Waals surface area contributed by atoms with E-state index in [4.69, 9.17) is 9.72 Å². The van der Waals surface area contributed by atoms with Crippen LogP contribution >= 0.6 is 27.3 Å². The lowest BCUT2D eigenvalue weighted by molar-refractivity contribution is 0.0204. The Labute approximate surface area is 166 Å². The molecule has 0 spiro atoms. The zero-order valence-electron chi connectivity index (χ0n) is 15.2. The fourth-order valence-corrected chi connectivity index (χ4v) is 3.97. The van der Waals surface area contributed by atoms with Gasteiger partial charge in [0.05, 0.1) is 9.98 Å². The van der Waals surface area contributed by atoms with E-state index in [0.717, 1.165) is 33.3 Å². The fourth-order valence-electron chi connectivity index (χ4n) is 2.85. The summed E-state index contributed by atoms with van der Waals surface area (Å²) in [4.78, 5) is 23.0. The first-order chi connectivity index (χ1) is 12.3. The molecule has 0 bridgehead atoms. The predicted octanol–water partition coefficient (Wildman–Crippen LogP) is 5.16. The van der Waals surface area contributed by atoms with Crippen molar-refractivity contribution in [1.29, 1.82) is 0 Å². The van der Waals surface area contributed by atoms with E-state index in [1.165, 1.54) is 11.3 Å². The minimum atomic E-state index is -0.458. The molecule has 2 aromatic rings. The molecule has 1 aliphatic heterocycles. The Kier molecular flexibility index (Phi) is 5.82. The molecule has 0 atom stereocenters. The Morgan fingerprint density at radius 3 is 2.69 bits per heavy atom. The van der Waals surface area contributed by atoms with E-state index in [0.29, 0.717) is 19.0 Å². The molecule has 6 nitrogen and oxygen atoms in total. The van der Waals surface area contributed by atoms with E-state index in [1.54, 1.807) is 11.1 Å². The van der Waals surface area contributed by atoms with Gasteiger partial charge in [0, 0.05) is 24.7 Å². The average Bonchev–Trinajstić information content (AvgIpc) is 2.98. The second kappa shape index (κ2) is 7.92. The van der Waals surface area contributed by atoms with Gasteiger partial charge in [-0.3, -0.25) is 0 Å². The van der Waals surface area contributed by atoms with Gasteiger partial charge in [-0.1, -0.05) is 17.4 Å². The molecule has 0 radical (unpaired) electrons. The molecule has 1 amide bonds.